The summed E-state index contributed by atoms with van der Waals surface area (Å²) < 4.78 is 11.3. The zero-order valence-corrected chi connectivity index (χ0v) is 16.9. The summed E-state index contributed by atoms with van der Waals surface area (Å²) in [7, 11) is 0. The van der Waals surface area contributed by atoms with Crippen LogP contribution in [0.2, 0.25) is 0 Å². The average Bonchev–Trinajstić information content (AvgIpc) is 3.25. The molecule has 3 rings (SSSR count). The highest BCUT2D eigenvalue weighted by Gasteiger charge is 2.18. The van der Waals surface area contributed by atoms with Gasteiger partial charge in [-0.05, 0) is 55.8 Å². The zero-order chi connectivity index (χ0) is 19.8. The number of ether oxygens (including phenoxy) is 2. The number of hydrogen-bond acceptors (Lipinski definition) is 5. The van der Waals surface area contributed by atoms with Gasteiger partial charge < -0.3 is 19.7 Å². The summed E-state index contributed by atoms with van der Waals surface area (Å²) >= 11 is 1.60. The smallest absolute Gasteiger partial charge is 0.260 e. The van der Waals surface area contributed by atoms with Gasteiger partial charge in [-0.15, -0.1) is 11.3 Å². The molecule has 1 aromatic heterocycles. The quantitative estimate of drug-likeness (QED) is 0.734. The lowest BCUT2D eigenvalue weighted by Crippen LogP contribution is -2.38. The van der Waals surface area contributed by atoms with E-state index in [1.54, 1.807) is 29.5 Å². The largest absolute Gasteiger partial charge is 0.490 e. The van der Waals surface area contributed by atoms with Crippen LogP contribution in [0.5, 0.6) is 11.5 Å². The maximum atomic E-state index is 12.4. The van der Waals surface area contributed by atoms with Crippen molar-refractivity contribution < 1.29 is 19.1 Å². The van der Waals surface area contributed by atoms with Crippen molar-refractivity contribution in [1.29, 1.82) is 0 Å². The van der Waals surface area contributed by atoms with Crippen molar-refractivity contribution in [2.45, 2.75) is 32.7 Å². The number of carbonyl (C=O) groups excluding carboxylic acids is 2. The third kappa shape index (κ3) is 5.48. The van der Waals surface area contributed by atoms with E-state index >= 15 is 0 Å². The fourth-order valence-electron chi connectivity index (χ4n) is 3.09. The Labute approximate surface area is 169 Å². The number of nitrogens with zero attached hydrogens (tertiary/aromatic N) is 1. The summed E-state index contributed by atoms with van der Waals surface area (Å²) in [5.74, 6) is 0.755. The Hall–Kier alpha value is -2.54. The lowest BCUT2D eigenvalue weighted by atomic mass is 10.1. The summed E-state index contributed by atoms with van der Waals surface area (Å²) in [4.78, 5) is 27.7. The molecule has 0 atom stereocenters. The number of nitrogens with one attached hydrogen (secondary N) is 1. The maximum absolute atomic E-state index is 12.4. The molecular formula is C21H26N2O4S. The number of piperidine rings is 1. The highest BCUT2D eigenvalue weighted by molar-refractivity contribution is 7.09. The fourth-order valence-corrected chi connectivity index (χ4v) is 3.74. The van der Waals surface area contributed by atoms with Crippen molar-refractivity contribution in [2.75, 3.05) is 26.3 Å². The van der Waals surface area contributed by atoms with Gasteiger partial charge in [-0.2, -0.15) is 0 Å². The molecule has 150 valence electrons. The first-order chi connectivity index (χ1) is 13.7. The molecule has 7 heteroatoms. The first-order valence-electron chi connectivity index (χ1n) is 9.65. The summed E-state index contributed by atoms with van der Waals surface area (Å²) in [6.07, 6.45) is 3.27. The maximum Gasteiger partial charge on any atom is 0.260 e. The van der Waals surface area contributed by atoms with E-state index in [1.807, 2.05) is 29.3 Å². The Bertz CT molecular complexity index is 786. The van der Waals surface area contributed by atoms with E-state index in [0.717, 1.165) is 30.8 Å². The second-order valence-electron chi connectivity index (χ2n) is 6.59. The number of benzene rings is 1. The van der Waals surface area contributed by atoms with Crippen molar-refractivity contribution in [3.63, 3.8) is 0 Å². The predicted octanol–water partition coefficient (Wildman–Crippen LogP) is 3.47. The molecule has 1 aliphatic rings. The predicted molar refractivity (Wildman–Crippen MR) is 109 cm³/mol. The van der Waals surface area contributed by atoms with E-state index in [-0.39, 0.29) is 18.4 Å². The fraction of sp³-hybridized carbons (Fsp3) is 0.429. The average molecular weight is 403 g/mol. The Morgan fingerprint density at radius 2 is 1.93 bits per heavy atom. The minimum Gasteiger partial charge on any atom is -0.490 e. The zero-order valence-electron chi connectivity index (χ0n) is 16.1. The monoisotopic (exact) mass is 402 g/mol. The molecule has 1 aromatic carbocycles. The van der Waals surface area contributed by atoms with E-state index in [2.05, 4.69) is 5.32 Å². The third-order valence-electron chi connectivity index (χ3n) is 4.57. The topological polar surface area (TPSA) is 67.9 Å². The Morgan fingerprint density at radius 1 is 1.11 bits per heavy atom. The van der Waals surface area contributed by atoms with Gasteiger partial charge in [-0.3, -0.25) is 9.59 Å². The van der Waals surface area contributed by atoms with Gasteiger partial charge in [0.15, 0.2) is 18.1 Å². The Morgan fingerprint density at radius 3 is 2.64 bits per heavy atom. The van der Waals surface area contributed by atoms with Crippen molar-refractivity contribution in [2.24, 2.45) is 0 Å². The number of hydrogen-bond donors (Lipinski definition) is 1. The van der Waals surface area contributed by atoms with Crippen LogP contribution in [0.3, 0.4) is 0 Å². The van der Waals surface area contributed by atoms with E-state index in [4.69, 9.17) is 9.47 Å². The lowest BCUT2D eigenvalue weighted by molar-refractivity contribution is -0.134. The molecule has 1 saturated heterocycles. The van der Waals surface area contributed by atoms with Crippen LogP contribution in [-0.4, -0.2) is 43.0 Å². The summed E-state index contributed by atoms with van der Waals surface area (Å²) in [6, 6.07) is 8.97. The van der Waals surface area contributed by atoms with E-state index < -0.39 is 0 Å². The van der Waals surface area contributed by atoms with Gasteiger partial charge in [0.1, 0.15) is 0 Å². The molecule has 2 amide bonds. The van der Waals surface area contributed by atoms with Crippen molar-refractivity contribution in [3.05, 3.63) is 46.2 Å². The van der Waals surface area contributed by atoms with E-state index in [0.29, 0.717) is 30.2 Å². The van der Waals surface area contributed by atoms with E-state index in [1.165, 1.54) is 6.42 Å². The van der Waals surface area contributed by atoms with Crippen LogP contribution in [0.25, 0.3) is 0 Å². The van der Waals surface area contributed by atoms with Crippen molar-refractivity contribution >= 4 is 23.2 Å². The second kappa shape index (κ2) is 10.1. The van der Waals surface area contributed by atoms with Gasteiger partial charge in [-0.25, -0.2) is 0 Å². The lowest BCUT2D eigenvalue weighted by Gasteiger charge is -2.26. The van der Waals surface area contributed by atoms with E-state index in [9.17, 15) is 9.59 Å². The molecule has 2 heterocycles. The SMILES string of the molecule is CCOc1cc(C(=O)NCc2cccs2)ccc1OCC(=O)N1CCCCC1. The normalized spacial score (nSPS) is 13.8. The Balaban J connectivity index is 1.61. The van der Waals surface area contributed by atoms with Crippen LogP contribution >= 0.6 is 11.3 Å². The summed E-state index contributed by atoms with van der Waals surface area (Å²) in [5.41, 5.74) is 0.495. The first-order valence-corrected chi connectivity index (χ1v) is 10.5. The summed E-state index contributed by atoms with van der Waals surface area (Å²) in [5, 5.41) is 4.88. The van der Waals surface area contributed by atoms with Crippen LogP contribution in [-0.2, 0) is 11.3 Å². The van der Waals surface area contributed by atoms with Crippen molar-refractivity contribution in [1.82, 2.24) is 10.2 Å². The summed E-state index contributed by atoms with van der Waals surface area (Å²) in [6.45, 7) is 4.36. The molecule has 0 aliphatic carbocycles. The Kier molecular flexibility index (Phi) is 7.31. The molecule has 1 N–H and O–H groups in total. The number of carbonyl (C=O) groups is 2. The molecule has 0 spiro atoms. The molecule has 28 heavy (non-hydrogen) atoms. The highest BCUT2D eigenvalue weighted by atomic mass is 32.1. The molecule has 0 radical (unpaired) electrons. The molecule has 0 unspecified atom stereocenters. The molecule has 0 saturated carbocycles. The van der Waals surface area contributed by atoms with Crippen LogP contribution in [0, 0.1) is 0 Å². The van der Waals surface area contributed by atoms with Crippen LogP contribution in [0.15, 0.2) is 35.7 Å². The van der Waals surface area contributed by atoms with Crippen LogP contribution in [0.4, 0.5) is 0 Å². The minimum atomic E-state index is -0.176. The molecule has 2 aromatic rings. The van der Waals surface area contributed by atoms with Gasteiger partial charge in [0.25, 0.3) is 11.8 Å². The minimum absolute atomic E-state index is 0.0140. The van der Waals surface area contributed by atoms with Gasteiger partial charge in [0.05, 0.1) is 13.2 Å². The van der Waals surface area contributed by atoms with Gasteiger partial charge >= 0.3 is 0 Å². The van der Waals surface area contributed by atoms with Gasteiger partial charge in [0.2, 0.25) is 0 Å². The first kappa shape index (κ1) is 20.2. The highest BCUT2D eigenvalue weighted by Crippen LogP contribution is 2.29. The van der Waals surface area contributed by atoms with Crippen LogP contribution < -0.4 is 14.8 Å². The number of amides is 2. The molecule has 6 nitrogen and oxygen atoms in total. The van der Waals surface area contributed by atoms with Crippen molar-refractivity contribution in [3.8, 4) is 11.5 Å². The number of rotatable bonds is 8. The standard InChI is InChI=1S/C21H26N2O4S/c1-2-26-19-13-16(21(25)22-14-17-7-6-12-28-17)8-9-18(19)27-15-20(24)23-10-4-3-5-11-23/h6-9,12-13H,2-5,10-11,14-15H2,1H3,(H,22,25). The van der Waals surface area contributed by atoms with Crippen LogP contribution in [0.1, 0.15) is 41.4 Å². The number of likely N-dealkylation sites (tertiary alicyclic amines) is 1. The second-order valence-corrected chi connectivity index (χ2v) is 7.62. The molecular weight excluding hydrogens is 376 g/mol. The third-order valence-corrected chi connectivity index (χ3v) is 5.45. The van der Waals surface area contributed by atoms with Gasteiger partial charge in [0, 0.05) is 23.5 Å². The molecule has 1 aliphatic heterocycles. The van der Waals surface area contributed by atoms with Gasteiger partial charge in [-0.1, -0.05) is 6.07 Å². The number of thiophene rings is 1. The molecule has 1 fully saturated rings. The molecule has 0 bridgehead atoms.